The molecule has 4 rings (SSSR count). The van der Waals surface area contributed by atoms with Crippen LogP contribution < -0.4 is 4.74 Å². The van der Waals surface area contributed by atoms with Crippen molar-refractivity contribution in [3.05, 3.63) is 89.5 Å². The van der Waals surface area contributed by atoms with Crippen LogP contribution in [-0.2, 0) is 13.1 Å². The highest BCUT2D eigenvalue weighted by Gasteiger charge is 2.17. The zero-order valence-corrected chi connectivity index (χ0v) is 21.1. The maximum atomic E-state index is 12.9. The fourth-order valence-corrected chi connectivity index (χ4v) is 4.29. The number of benzene rings is 2. The second-order valence-corrected chi connectivity index (χ2v) is 9.32. The number of rotatable bonds is 10. The first-order valence-electron chi connectivity index (χ1n) is 12.3. The van der Waals surface area contributed by atoms with E-state index in [2.05, 4.69) is 54.6 Å². The van der Waals surface area contributed by atoms with Crippen molar-refractivity contribution in [2.75, 3.05) is 13.7 Å². The topological polar surface area (TPSA) is 60.2 Å². The SMILES string of the molecule is Cc1ccc(C(C)C)c(OCCCCn2c(CN(C)C(=O)c3ccncc3)nc3ccccc32)c1. The zero-order valence-electron chi connectivity index (χ0n) is 21.1. The summed E-state index contributed by atoms with van der Waals surface area (Å²) in [5, 5.41) is 0. The Balaban J connectivity index is 1.41. The van der Waals surface area contributed by atoms with Crippen LogP contribution in [0.4, 0.5) is 0 Å². The van der Waals surface area contributed by atoms with E-state index in [0.717, 1.165) is 42.0 Å². The van der Waals surface area contributed by atoms with E-state index in [0.29, 0.717) is 24.6 Å². The van der Waals surface area contributed by atoms with Crippen molar-refractivity contribution in [2.24, 2.45) is 0 Å². The number of pyridine rings is 1. The van der Waals surface area contributed by atoms with Gasteiger partial charge in [0.25, 0.3) is 5.91 Å². The van der Waals surface area contributed by atoms with Crippen molar-refractivity contribution in [2.45, 2.75) is 52.6 Å². The van der Waals surface area contributed by atoms with Crippen LogP contribution in [0.5, 0.6) is 5.75 Å². The average Bonchev–Trinajstić information content (AvgIpc) is 3.20. The Morgan fingerprint density at radius 3 is 2.60 bits per heavy atom. The molecule has 0 bridgehead atoms. The fourth-order valence-electron chi connectivity index (χ4n) is 4.29. The lowest BCUT2D eigenvalue weighted by Crippen LogP contribution is -2.27. The van der Waals surface area contributed by atoms with E-state index in [1.165, 1.54) is 11.1 Å². The van der Waals surface area contributed by atoms with Crippen molar-refractivity contribution in [1.29, 1.82) is 0 Å². The van der Waals surface area contributed by atoms with E-state index in [4.69, 9.17) is 9.72 Å². The number of amides is 1. The van der Waals surface area contributed by atoms with Gasteiger partial charge >= 0.3 is 0 Å². The summed E-state index contributed by atoms with van der Waals surface area (Å²) in [4.78, 5) is 23.4. The van der Waals surface area contributed by atoms with Crippen molar-refractivity contribution in [1.82, 2.24) is 19.4 Å². The summed E-state index contributed by atoms with van der Waals surface area (Å²) in [7, 11) is 1.81. The third kappa shape index (κ3) is 5.88. The molecule has 0 atom stereocenters. The number of unbranched alkanes of at least 4 members (excludes halogenated alkanes) is 1. The van der Waals surface area contributed by atoms with Gasteiger partial charge in [-0.3, -0.25) is 9.78 Å². The number of aromatic nitrogens is 3. The summed E-state index contributed by atoms with van der Waals surface area (Å²) in [5.74, 6) is 2.26. The van der Waals surface area contributed by atoms with Crippen molar-refractivity contribution in [3.63, 3.8) is 0 Å². The van der Waals surface area contributed by atoms with Crippen molar-refractivity contribution < 1.29 is 9.53 Å². The van der Waals surface area contributed by atoms with E-state index in [9.17, 15) is 4.79 Å². The quantitative estimate of drug-likeness (QED) is 0.267. The molecule has 6 heteroatoms. The monoisotopic (exact) mass is 470 g/mol. The third-order valence-corrected chi connectivity index (χ3v) is 6.21. The normalized spacial score (nSPS) is 11.2. The summed E-state index contributed by atoms with van der Waals surface area (Å²) in [6.07, 6.45) is 5.17. The van der Waals surface area contributed by atoms with Gasteiger partial charge in [0.15, 0.2) is 0 Å². The van der Waals surface area contributed by atoms with E-state index >= 15 is 0 Å². The number of carbonyl (C=O) groups excluding carboxylic acids is 1. The largest absolute Gasteiger partial charge is 0.493 e. The minimum atomic E-state index is -0.0430. The fraction of sp³-hybridized carbons (Fsp3) is 0.345. The molecule has 0 unspecified atom stereocenters. The maximum Gasteiger partial charge on any atom is 0.254 e. The van der Waals surface area contributed by atoms with Crippen LogP contribution in [0.1, 0.15) is 59.9 Å². The predicted molar refractivity (Wildman–Crippen MR) is 140 cm³/mol. The Hall–Kier alpha value is -3.67. The molecule has 0 aliphatic heterocycles. The second kappa shape index (κ2) is 11.2. The van der Waals surface area contributed by atoms with Gasteiger partial charge in [-0.15, -0.1) is 0 Å². The number of carbonyl (C=O) groups is 1. The molecule has 2 heterocycles. The highest BCUT2D eigenvalue weighted by atomic mass is 16.5. The highest BCUT2D eigenvalue weighted by Crippen LogP contribution is 2.27. The number of hydrogen-bond donors (Lipinski definition) is 0. The number of fused-ring (bicyclic) bond motifs is 1. The van der Waals surface area contributed by atoms with Crippen molar-refractivity contribution in [3.8, 4) is 5.75 Å². The molecule has 0 spiro atoms. The lowest BCUT2D eigenvalue weighted by molar-refractivity contribution is 0.0780. The Morgan fingerprint density at radius 1 is 1.06 bits per heavy atom. The number of para-hydroxylation sites is 2. The molecule has 2 aromatic carbocycles. The first kappa shape index (κ1) is 24.5. The lowest BCUT2D eigenvalue weighted by Gasteiger charge is -2.18. The summed E-state index contributed by atoms with van der Waals surface area (Å²) < 4.78 is 8.41. The van der Waals surface area contributed by atoms with Gasteiger partial charge in [0.2, 0.25) is 0 Å². The van der Waals surface area contributed by atoms with Gasteiger partial charge in [-0.1, -0.05) is 38.1 Å². The van der Waals surface area contributed by atoms with Gasteiger partial charge in [0, 0.05) is 31.5 Å². The van der Waals surface area contributed by atoms with Crippen LogP contribution >= 0.6 is 0 Å². The number of aryl methyl sites for hydroxylation is 2. The summed E-state index contributed by atoms with van der Waals surface area (Å²) >= 11 is 0. The second-order valence-electron chi connectivity index (χ2n) is 9.32. The molecular formula is C29H34N4O2. The molecule has 0 saturated carbocycles. The predicted octanol–water partition coefficient (Wildman–Crippen LogP) is 5.99. The van der Waals surface area contributed by atoms with E-state index < -0.39 is 0 Å². The van der Waals surface area contributed by atoms with Gasteiger partial charge < -0.3 is 14.2 Å². The Kier molecular flexibility index (Phi) is 7.80. The van der Waals surface area contributed by atoms with Gasteiger partial charge in [0.05, 0.1) is 24.2 Å². The molecule has 6 nitrogen and oxygen atoms in total. The molecule has 0 N–H and O–H groups in total. The average molecular weight is 471 g/mol. The molecule has 0 aliphatic carbocycles. The number of nitrogens with zero attached hydrogens (tertiary/aromatic N) is 4. The highest BCUT2D eigenvalue weighted by molar-refractivity contribution is 5.93. The van der Waals surface area contributed by atoms with Crippen LogP contribution in [0.2, 0.25) is 0 Å². The van der Waals surface area contributed by atoms with Crippen LogP contribution in [0.25, 0.3) is 11.0 Å². The van der Waals surface area contributed by atoms with Crippen LogP contribution in [-0.4, -0.2) is 39.0 Å². The Labute approximate surface area is 207 Å². The minimum absolute atomic E-state index is 0.0430. The number of hydrogen-bond acceptors (Lipinski definition) is 4. The van der Waals surface area contributed by atoms with Gasteiger partial charge in [-0.2, -0.15) is 0 Å². The lowest BCUT2D eigenvalue weighted by atomic mass is 10.0. The van der Waals surface area contributed by atoms with Gasteiger partial charge in [-0.05, 0) is 67.1 Å². The smallest absolute Gasteiger partial charge is 0.254 e. The zero-order chi connectivity index (χ0) is 24.8. The molecule has 2 aromatic heterocycles. The summed E-state index contributed by atoms with van der Waals surface area (Å²) in [6, 6.07) is 18.1. The molecule has 0 radical (unpaired) electrons. The summed E-state index contributed by atoms with van der Waals surface area (Å²) in [5.41, 5.74) is 5.13. The standard InChI is InChI=1S/C29H34N4O2/c1-21(2)24-12-11-22(3)19-27(24)35-18-8-7-17-33-26-10-6-5-9-25(26)31-28(33)20-32(4)29(34)23-13-15-30-16-14-23/h5-6,9-16,19,21H,7-8,17-18,20H2,1-4H3. The van der Waals surface area contributed by atoms with Crippen molar-refractivity contribution >= 4 is 16.9 Å². The third-order valence-electron chi connectivity index (χ3n) is 6.21. The Morgan fingerprint density at radius 2 is 1.83 bits per heavy atom. The number of ether oxygens (including phenoxy) is 1. The molecule has 0 fully saturated rings. The summed E-state index contributed by atoms with van der Waals surface area (Å²) in [6.45, 7) is 8.42. The molecule has 0 aliphatic rings. The van der Waals surface area contributed by atoms with Crippen LogP contribution in [0.3, 0.4) is 0 Å². The molecule has 35 heavy (non-hydrogen) atoms. The van der Waals surface area contributed by atoms with E-state index in [1.807, 2.05) is 25.2 Å². The first-order valence-corrected chi connectivity index (χ1v) is 12.3. The molecule has 1 amide bonds. The van der Waals surface area contributed by atoms with E-state index in [-0.39, 0.29) is 5.91 Å². The molecule has 4 aromatic rings. The van der Waals surface area contributed by atoms with Gasteiger partial charge in [-0.25, -0.2) is 4.98 Å². The molecular weight excluding hydrogens is 436 g/mol. The van der Waals surface area contributed by atoms with Crippen LogP contribution in [0.15, 0.2) is 67.0 Å². The first-order chi connectivity index (χ1) is 16.9. The molecule has 182 valence electrons. The number of imidazole rings is 1. The maximum absolute atomic E-state index is 12.9. The minimum Gasteiger partial charge on any atom is -0.493 e. The molecule has 0 saturated heterocycles. The van der Waals surface area contributed by atoms with Gasteiger partial charge in [0.1, 0.15) is 11.6 Å². The van der Waals surface area contributed by atoms with Crippen LogP contribution in [0, 0.1) is 6.92 Å². The Bertz CT molecular complexity index is 1280. The van der Waals surface area contributed by atoms with E-state index in [1.54, 1.807) is 29.4 Å².